The molecule has 0 radical (unpaired) electrons. The first-order valence-corrected chi connectivity index (χ1v) is 18.5. The maximum atomic E-state index is 13.5. The molecule has 1 saturated carbocycles. The fourth-order valence-corrected chi connectivity index (χ4v) is 7.95. The summed E-state index contributed by atoms with van der Waals surface area (Å²) in [7, 11) is 3.46. The van der Waals surface area contributed by atoms with Crippen molar-refractivity contribution in [3.8, 4) is 30.2 Å². The molecule has 53 heavy (non-hydrogen) atoms. The zero-order valence-electron chi connectivity index (χ0n) is 30.6. The van der Waals surface area contributed by atoms with Crippen LogP contribution < -0.4 is 9.64 Å². The van der Waals surface area contributed by atoms with Gasteiger partial charge in [-0.2, -0.15) is 15.2 Å². The van der Waals surface area contributed by atoms with Crippen LogP contribution >= 0.6 is 0 Å². The van der Waals surface area contributed by atoms with Crippen LogP contribution in [0.3, 0.4) is 0 Å². The van der Waals surface area contributed by atoms with Gasteiger partial charge in [0, 0.05) is 87.9 Å². The van der Waals surface area contributed by atoms with Crippen LogP contribution in [0, 0.1) is 29.1 Å². The summed E-state index contributed by atoms with van der Waals surface area (Å²) in [6, 6.07) is 11.4. The summed E-state index contributed by atoms with van der Waals surface area (Å²) in [6.45, 7) is 5.25. The molecule has 3 aliphatic heterocycles. The third-order valence-electron chi connectivity index (χ3n) is 11.2. The average molecular weight is 721 g/mol. The molecule has 2 saturated heterocycles. The smallest absolute Gasteiger partial charge is 0.318 e. The molecule has 2 atom stereocenters. The molecule has 1 aromatic heterocycles. The van der Waals surface area contributed by atoms with Crippen molar-refractivity contribution in [3.63, 3.8) is 0 Å². The van der Waals surface area contributed by atoms with E-state index in [1.54, 1.807) is 32.4 Å². The van der Waals surface area contributed by atoms with E-state index in [4.69, 9.17) is 35.3 Å². The molecular formula is C41H48N6O6. The maximum absolute atomic E-state index is 13.5. The van der Waals surface area contributed by atoms with E-state index in [0.717, 1.165) is 71.9 Å². The summed E-state index contributed by atoms with van der Waals surface area (Å²) in [4.78, 5) is 29.7. The second kappa shape index (κ2) is 16.1. The van der Waals surface area contributed by atoms with Gasteiger partial charge >= 0.3 is 6.01 Å². The highest BCUT2D eigenvalue weighted by Gasteiger charge is 2.44. The van der Waals surface area contributed by atoms with Gasteiger partial charge in [-0.25, -0.2) is 0 Å². The lowest BCUT2D eigenvalue weighted by atomic mass is 9.92. The van der Waals surface area contributed by atoms with Gasteiger partial charge in [-0.05, 0) is 54.8 Å². The number of anilines is 1. The van der Waals surface area contributed by atoms with Crippen molar-refractivity contribution in [1.82, 2.24) is 19.8 Å². The van der Waals surface area contributed by atoms with E-state index in [9.17, 15) is 15.2 Å². The number of nitriles is 1. The number of likely N-dealkylation sites (tertiary alicyclic amines) is 1. The number of piperidine rings is 1. The lowest BCUT2D eigenvalue weighted by molar-refractivity contribution is -0.128. The number of aromatic hydroxyl groups is 1. The number of carbonyl (C=O) groups is 1. The Kier molecular flexibility index (Phi) is 11.1. The zero-order chi connectivity index (χ0) is 37.0. The zero-order valence-corrected chi connectivity index (χ0v) is 30.6. The van der Waals surface area contributed by atoms with Crippen molar-refractivity contribution < 1.29 is 28.8 Å². The molecule has 1 amide bonds. The van der Waals surface area contributed by atoms with E-state index in [1.807, 2.05) is 29.2 Å². The lowest BCUT2D eigenvalue weighted by Gasteiger charge is -2.42. The molecule has 12 heteroatoms. The fourth-order valence-electron chi connectivity index (χ4n) is 7.95. The van der Waals surface area contributed by atoms with Crippen molar-refractivity contribution in [1.29, 1.82) is 5.26 Å². The summed E-state index contributed by atoms with van der Waals surface area (Å²) in [6.07, 6.45) is 14.0. The third-order valence-corrected chi connectivity index (χ3v) is 11.2. The number of fused-ring (bicyclic) bond motifs is 2. The molecule has 2 aromatic carbocycles. The molecule has 3 aromatic rings. The van der Waals surface area contributed by atoms with Crippen LogP contribution in [0.2, 0.25) is 0 Å². The SMILES string of the molecule is C#Cc1cccc2cc(O)cc([C@@H]3Cc4nc(OCC5(COC)CC5)nc(N5CCN(C(=O)/C=C/CN6CCC(OC)CC6)[C@@H](CC#N)C5)c4CO3)c12. The quantitative estimate of drug-likeness (QED) is 0.209. The van der Waals surface area contributed by atoms with Gasteiger partial charge in [0.15, 0.2) is 0 Å². The van der Waals surface area contributed by atoms with E-state index in [-0.39, 0.29) is 42.2 Å². The van der Waals surface area contributed by atoms with Crippen LogP contribution in [0.25, 0.3) is 10.8 Å². The highest BCUT2D eigenvalue weighted by molar-refractivity contribution is 5.92. The number of methoxy groups -OCH3 is 2. The predicted molar refractivity (Wildman–Crippen MR) is 199 cm³/mol. The number of benzene rings is 2. The molecule has 0 unspecified atom stereocenters. The van der Waals surface area contributed by atoms with Gasteiger partial charge in [-0.3, -0.25) is 9.69 Å². The summed E-state index contributed by atoms with van der Waals surface area (Å²) in [5, 5.41) is 22.2. The number of ether oxygens (including phenoxy) is 4. The Bertz CT molecular complexity index is 1920. The van der Waals surface area contributed by atoms with E-state index in [1.165, 1.54) is 0 Å². The first kappa shape index (κ1) is 36.6. The number of amides is 1. The minimum absolute atomic E-state index is 0.0380. The monoisotopic (exact) mass is 720 g/mol. The van der Waals surface area contributed by atoms with Gasteiger partial charge in [0.05, 0.1) is 56.3 Å². The van der Waals surface area contributed by atoms with E-state index in [2.05, 4.69) is 21.8 Å². The van der Waals surface area contributed by atoms with Crippen LogP contribution in [0.15, 0.2) is 42.5 Å². The van der Waals surface area contributed by atoms with Gasteiger partial charge < -0.3 is 33.9 Å². The van der Waals surface area contributed by atoms with E-state index < -0.39 is 6.10 Å². The van der Waals surface area contributed by atoms with Crippen LogP contribution in [0.5, 0.6) is 11.8 Å². The Morgan fingerprint density at radius 1 is 1.15 bits per heavy atom. The number of hydrogen-bond acceptors (Lipinski definition) is 11. The molecule has 1 aliphatic carbocycles. The largest absolute Gasteiger partial charge is 0.508 e. The highest BCUT2D eigenvalue weighted by Crippen LogP contribution is 2.46. The second-order valence-corrected chi connectivity index (χ2v) is 14.7. The number of piperazine rings is 1. The Labute approximate surface area is 311 Å². The summed E-state index contributed by atoms with van der Waals surface area (Å²) in [5.74, 6) is 3.53. The normalized spacial score (nSPS) is 21.7. The number of phenolic OH excluding ortho intramolecular Hbond substituents is 1. The van der Waals surface area contributed by atoms with Crippen LogP contribution in [-0.2, 0) is 32.0 Å². The van der Waals surface area contributed by atoms with Crippen LogP contribution in [0.1, 0.15) is 60.6 Å². The number of nitrogens with zero attached hydrogens (tertiary/aromatic N) is 6. The molecule has 1 N–H and O–H groups in total. The summed E-state index contributed by atoms with van der Waals surface area (Å²) >= 11 is 0. The number of terminal acetylenes is 1. The lowest BCUT2D eigenvalue weighted by Crippen LogP contribution is -2.55. The summed E-state index contributed by atoms with van der Waals surface area (Å²) in [5.41, 5.74) is 3.13. The Balaban J connectivity index is 1.13. The standard InChI is InChI=1S/C41H48N6O6/c1-4-28-7-5-8-29-21-31(48)22-33(38(28)29)36-23-35-34(25-52-36)39(44-40(43-35)53-27-41(13-14-41)26-50-2)46-19-20-47(30(24-46)10-15-42)37(49)9-6-16-45-17-11-32(51-3)12-18-45/h1,5-9,21-22,30,32,36,48H,10-14,16-20,23-27H2,2-3H3/b9-6+/t30-,36-/m0/s1. The predicted octanol–water partition coefficient (Wildman–Crippen LogP) is 4.53. The molecule has 3 fully saturated rings. The van der Waals surface area contributed by atoms with Crippen molar-refractivity contribution in [3.05, 3.63) is 64.9 Å². The van der Waals surface area contributed by atoms with Crippen molar-refractivity contribution in [2.75, 3.05) is 71.6 Å². The van der Waals surface area contributed by atoms with Crippen LogP contribution in [0.4, 0.5) is 5.82 Å². The Morgan fingerprint density at radius 2 is 1.98 bits per heavy atom. The molecule has 0 spiro atoms. The molecule has 0 bridgehead atoms. The molecule has 278 valence electrons. The van der Waals surface area contributed by atoms with E-state index in [0.29, 0.717) is 57.7 Å². The number of rotatable bonds is 12. The van der Waals surface area contributed by atoms with Crippen LogP contribution in [-0.4, -0.2) is 110 Å². The van der Waals surface area contributed by atoms with Gasteiger partial charge in [0.2, 0.25) is 5.91 Å². The molecule has 7 rings (SSSR count). The molecular weight excluding hydrogens is 672 g/mol. The number of carbonyl (C=O) groups excluding carboxylic acids is 1. The van der Waals surface area contributed by atoms with E-state index >= 15 is 0 Å². The third kappa shape index (κ3) is 8.12. The minimum Gasteiger partial charge on any atom is -0.508 e. The number of phenols is 1. The second-order valence-electron chi connectivity index (χ2n) is 14.7. The fraction of sp³-hybridized carbons (Fsp3) is 0.512. The van der Waals surface area contributed by atoms with Crippen molar-refractivity contribution in [2.24, 2.45) is 5.41 Å². The van der Waals surface area contributed by atoms with Gasteiger partial charge in [0.1, 0.15) is 11.6 Å². The first-order valence-electron chi connectivity index (χ1n) is 18.5. The molecule has 4 aliphatic rings. The van der Waals surface area contributed by atoms with Gasteiger partial charge in [-0.1, -0.05) is 24.1 Å². The average Bonchev–Trinajstić information content (AvgIpc) is 3.95. The number of hydrogen-bond donors (Lipinski definition) is 1. The topological polar surface area (TPSA) is 134 Å². The maximum Gasteiger partial charge on any atom is 0.318 e. The minimum atomic E-state index is -0.426. The van der Waals surface area contributed by atoms with Crippen molar-refractivity contribution in [2.45, 2.75) is 63.4 Å². The Morgan fingerprint density at radius 3 is 2.72 bits per heavy atom. The first-order chi connectivity index (χ1) is 25.8. The van der Waals surface area contributed by atoms with Gasteiger partial charge in [0.25, 0.3) is 0 Å². The van der Waals surface area contributed by atoms with Gasteiger partial charge in [-0.15, -0.1) is 6.42 Å². The molecule has 4 heterocycles. The highest BCUT2D eigenvalue weighted by atomic mass is 16.5. The number of aromatic nitrogens is 2. The molecule has 12 nitrogen and oxygen atoms in total. The Hall–Kier alpha value is -4.72. The van der Waals surface area contributed by atoms with Crippen molar-refractivity contribution >= 4 is 22.5 Å². The summed E-state index contributed by atoms with van der Waals surface area (Å²) < 4.78 is 23.8.